The van der Waals surface area contributed by atoms with Crippen LogP contribution in [0, 0.1) is 12.3 Å². The van der Waals surface area contributed by atoms with Crippen LogP contribution < -0.4 is 0 Å². The number of hydrogen-bond donors (Lipinski definition) is 0. The summed E-state index contributed by atoms with van der Waals surface area (Å²) in [5, 5.41) is 0. The fourth-order valence-electron chi connectivity index (χ4n) is 0.542. The van der Waals surface area contributed by atoms with Crippen LogP contribution in [0.1, 0.15) is 13.8 Å². The monoisotopic (exact) mass is 187 g/mol. The van der Waals surface area contributed by atoms with Gasteiger partial charge in [-0.1, -0.05) is 32.6 Å². The quantitative estimate of drug-likeness (QED) is 0.290. The summed E-state index contributed by atoms with van der Waals surface area (Å²) in [6.45, 7) is 3.66. The highest BCUT2D eigenvalue weighted by molar-refractivity contribution is 5.19. The Balaban J connectivity index is 4.15. The fourth-order valence-corrected chi connectivity index (χ4v) is 0.542. The van der Waals surface area contributed by atoms with Crippen molar-refractivity contribution < 1.29 is 13.8 Å². The molecule has 0 heterocycles. The van der Waals surface area contributed by atoms with Crippen LogP contribution in [0.15, 0.2) is 23.8 Å². The van der Waals surface area contributed by atoms with E-state index in [2.05, 4.69) is 10.8 Å². The minimum Gasteiger partial charge on any atom is -0.222 e. The van der Waals surface area contributed by atoms with E-state index in [1.807, 2.05) is 19.9 Å². The molecule has 2 nitrogen and oxygen atoms in total. The predicted molar refractivity (Wildman–Crippen MR) is 46.3 cm³/mol. The van der Waals surface area contributed by atoms with Crippen molar-refractivity contribution in [3.05, 3.63) is 23.8 Å². The molecule has 0 bridgehead atoms. The van der Waals surface area contributed by atoms with Crippen molar-refractivity contribution in [1.82, 2.24) is 5.51 Å². The highest BCUT2D eigenvalue weighted by Crippen LogP contribution is 2.02. The van der Waals surface area contributed by atoms with Gasteiger partial charge in [0.15, 0.2) is 11.6 Å². The van der Waals surface area contributed by atoms with Crippen molar-refractivity contribution >= 4 is 0 Å². The van der Waals surface area contributed by atoms with Crippen molar-refractivity contribution in [2.24, 2.45) is 0 Å². The summed E-state index contributed by atoms with van der Waals surface area (Å²) in [5.74, 6) is 2.05. The molecule has 0 radical (unpaired) electrons. The molecule has 0 saturated heterocycles. The summed E-state index contributed by atoms with van der Waals surface area (Å²) >= 11 is 0. The van der Waals surface area contributed by atoms with E-state index >= 15 is 0 Å². The first kappa shape index (κ1) is 11.8. The van der Waals surface area contributed by atoms with Gasteiger partial charge in [0.05, 0.1) is 0 Å². The van der Waals surface area contributed by atoms with Crippen LogP contribution in [0.5, 0.6) is 0 Å². The van der Waals surface area contributed by atoms with Crippen molar-refractivity contribution in [3.8, 4) is 12.3 Å². The van der Waals surface area contributed by atoms with Gasteiger partial charge in [-0.05, 0) is 19.9 Å². The molecule has 1 atom stereocenters. The van der Waals surface area contributed by atoms with Gasteiger partial charge in [0.25, 0.3) is 0 Å². The van der Waals surface area contributed by atoms with E-state index in [9.17, 15) is 8.96 Å². The third-order valence-electron chi connectivity index (χ3n) is 1.35. The lowest BCUT2D eigenvalue weighted by Gasteiger charge is -2.04. The molecular formula is C9H11F2NO. The topological polar surface area (TPSA) is 12.5 Å². The Labute approximate surface area is 76.3 Å². The number of nitrogens with zero attached hydrogens (tertiary/aromatic N) is 1. The largest absolute Gasteiger partial charge is 0.222 e. The Morgan fingerprint density at radius 2 is 2.23 bits per heavy atom. The maximum absolute atomic E-state index is 11.5. The molecule has 0 aliphatic heterocycles. The molecule has 0 aliphatic carbocycles. The van der Waals surface area contributed by atoms with Crippen LogP contribution in [0.25, 0.3) is 0 Å². The van der Waals surface area contributed by atoms with E-state index in [1.54, 1.807) is 6.08 Å². The van der Waals surface area contributed by atoms with Crippen molar-refractivity contribution in [2.45, 2.75) is 20.0 Å². The molecule has 0 N–H and O–H groups in total. The van der Waals surface area contributed by atoms with Gasteiger partial charge in [0.1, 0.15) is 0 Å². The zero-order valence-electron chi connectivity index (χ0n) is 7.50. The molecule has 0 aromatic heterocycles. The number of halogens is 2. The Morgan fingerprint density at radius 1 is 1.62 bits per heavy atom. The van der Waals surface area contributed by atoms with Crippen LogP contribution in [-0.2, 0) is 4.84 Å². The summed E-state index contributed by atoms with van der Waals surface area (Å²) in [4.78, 5) is 3.94. The van der Waals surface area contributed by atoms with Crippen molar-refractivity contribution in [2.75, 3.05) is 0 Å². The third-order valence-corrected chi connectivity index (χ3v) is 1.35. The number of allylic oxidation sites excluding steroid dienone is 3. The number of rotatable bonds is 4. The molecule has 0 spiro atoms. The zero-order chi connectivity index (χ0) is 10.3. The van der Waals surface area contributed by atoms with Crippen LogP contribution >= 0.6 is 0 Å². The smallest absolute Gasteiger partial charge is 0.163 e. The fraction of sp³-hybridized carbons (Fsp3) is 0.333. The van der Waals surface area contributed by atoms with Crippen LogP contribution in [0.2, 0.25) is 0 Å². The van der Waals surface area contributed by atoms with E-state index in [1.165, 1.54) is 6.08 Å². The molecule has 0 aliphatic rings. The van der Waals surface area contributed by atoms with Gasteiger partial charge in [-0.3, -0.25) is 0 Å². The van der Waals surface area contributed by atoms with Gasteiger partial charge in [0.2, 0.25) is 0 Å². The maximum Gasteiger partial charge on any atom is 0.163 e. The Bertz CT molecular complexity index is 240. The van der Waals surface area contributed by atoms with Gasteiger partial charge in [-0.15, -0.1) is 6.42 Å². The molecule has 0 rings (SSSR count). The summed E-state index contributed by atoms with van der Waals surface area (Å²) in [6, 6.07) is 0. The van der Waals surface area contributed by atoms with Crippen LogP contribution in [-0.4, -0.2) is 11.6 Å². The highest BCUT2D eigenvalue weighted by Gasteiger charge is 2.06. The summed E-state index contributed by atoms with van der Waals surface area (Å²) < 4.78 is 23.1. The zero-order valence-corrected chi connectivity index (χ0v) is 7.50. The summed E-state index contributed by atoms with van der Waals surface area (Å²) in [7, 11) is 0. The van der Waals surface area contributed by atoms with Gasteiger partial charge in [-0.25, -0.2) is 4.84 Å². The van der Waals surface area contributed by atoms with Gasteiger partial charge >= 0.3 is 0 Å². The summed E-state index contributed by atoms with van der Waals surface area (Å²) in [6.07, 6.45) is 8.73. The molecule has 0 saturated carbocycles. The second-order valence-electron chi connectivity index (χ2n) is 2.29. The first-order chi connectivity index (χ1) is 6.10. The average molecular weight is 187 g/mol. The predicted octanol–water partition coefficient (Wildman–Crippen LogP) is 2.51. The van der Waals surface area contributed by atoms with Gasteiger partial charge in [-0.2, -0.15) is 0 Å². The maximum atomic E-state index is 11.5. The molecule has 72 valence electrons. The number of hydrogen-bond acceptors (Lipinski definition) is 2. The summed E-state index contributed by atoms with van der Waals surface area (Å²) in [5.41, 5.74) is -0.479. The molecule has 13 heavy (non-hydrogen) atoms. The van der Waals surface area contributed by atoms with Crippen LogP contribution in [0.3, 0.4) is 0 Å². The van der Waals surface area contributed by atoms with Gasteiger partial charge < -0.3 is 0 Å². The first-order valence-electron chi connectivity index (χ1n) is 3.66. The minimum absolute atomic E-state index is 0.924. The van der Waals surface area contributed by atoms with Crippen molar-refractivity contribution in [3.63, 3.8) is 0 Å². The normalized spacial score (nSPS) is 14.9. The van der Waals surface area contributed by atoms with E-state index in [0.717, 1.165) is 5.57 Å². The Hall–Kier alpha value is -1.18. The Kier molecular flexibility index (Phi) is 5.77. The minimum atomic E-state index is -1.40. The second kappa shape index (κ2) is 6.35. The lowest BCUT2D eigenvalue weighted by molar-refractivity contribution is -0.396. The standard InChI is InChI=1S/C9H11F2NO/c1-4-8(3)6-7-9(5-2)13-12(10)11/h2,4,6-7,9H,1,3H3/b7-6-,8-4-. The number of terminal acetylenes is 1. The van der Waals surface area contributed by atoms with E-state index in [-0.39, 0.29) is 0 Å². The second-order valence-corrected chi connectivity index (χ2v) is 2.29. The average Bonchev–Trinajstić information content (AvgIpc) is 2.10. The molecular weight excluding hydrogens is 176 g/mol. The van der Waals surface area contributed by atoms with E-state index in [0.29, 0.717) is 0 Å². The molecule has 4 heteroatoms. The molecule has 0 aromatic carbocycles. The lowest BCUT2D eigenvalue weighted by Crippen LogP contribution is -2.13. The molecule has 1 unspecified atom stereocenters. The van der Waals surface area contributed by atoms with Crippen molar-refractivity contribution in [1.29, 1.82) is 0 Å². The van der Waals surface area contributed by atoms with Crippen LogP contribution in [0.4, 0.5) is 8.96 Å². The van der Waals surface area contributed by atoms with E-state index < -0.39 is 11.6 Å². The molecule has 0 fully saturated rings. The van der Waals surface area contributed by atoms with Gasteiger partial charge in [0, 0.05) is 0 Å². The molecule has 0 aromatic rings. The highest BCUT2D eigenvalue weighted by atomic mass is 19.4. The Morgan fingerprint density at radius 3 is 2.62 bits per heavy atom. The molecule has 0 amide bonds. The first-order valence-corrected chi connectivity index (χ1v) is 3.66. The third kappa shape index (κ3) is 6.02. The SMILES string of the molecule is C#CC(/C=C\C(C)=C/C)ON(F)F. The van der Waals surface area contributed by atoms with E-state index in [4.69, 9.17) is 6.42 Å². The lowest BCUT2D eigenvalue weighted by atomic mass is 10.2.